The highest BCUT2D eigenvalue weighted by atomic mass is 32.2. The molecule has 14 heavy (non-hydrogen) atoms. The largest absolute Gasteiger partial charge is 0.409 e. The number of aromatic nitrogens is 2. The fourth-order valence-corrected chi connectivity index (χ4v) is 2.17. The molecule has 0 unspecified atom stereocenters. The molecule has 0 spiro atoms. The van der Waals surface area contributed by atoms with Gasteiger partial charge < -0.3 is 15.8 Å². The lowest BCUT2D eigenvalue weighted by atomic mass is 10.7. The van der Waals surface area contributed by atoms with Crippen LogP contribution in [0.3, 0.4) is 0 Å². The van der Waals surface area contributed by atoms with Crippen molar-refractivity contribution in [2.24, 2.45) is 10.9 Å². The van der Waals surface area contributed by atoms with Crippen molar-refractivity contribution in [2.75, 3.05) is 24.7 Å². The Bertz CT molecular complexity index is 324. The van der Waals surface area contributed by atoms with E-state index in [0.717, 1.165) is 9.47 Å². The summed E-state index contributed by atoms with van der Waals surface area (Å²) in [6.07, 6.45) is 0. The van der Waals surface area contributed by atoms with E-state index >= 15 is 0 Å². The minimum atomic E-state index is 0.177. The van der Waals surface area contributed by atoms with E-state index in [4.69, 9.17) is 10.9 Å². The van der Waals surface area contributed by atoms with Crippen LogP contribution in [0.5, 0.6) is 0 Å². The second-order valence-electron chi connectivity index (χ2n) is 2.62. The number of amidine groups is 1. The van der Waals surface area contributed by atoms with E-state index in [0.29, 0.717) is 5.75 Å². The Kier molecular flexibility index (Phi) is 3.96. The van der Waals surface area contributed by atoms with Crippen molar-refractivity contribution < 1.29 is 5.21 Å². The van der Waals surface area contributed by atoms with Gasteiger partial charge in [-0.15, -0.1) is 10.2 Å². The molecule has 6 nitrogen and oxygen atoms in total. The molecule has 0 aliphatic carbocycles. The normalized spacial score (nSPS) is 11.7. The van der Waals surface area contributed by atoms with Crippen LogP contribution in [-0.2, 0) is 0 Å². The third kappa shape index (κ3) is 3.04. The number of oxime groups is 1. The molecule has 0 aromatic carbocycles. The smallest absolute Gasteiger partial charge is 0.208 e. The van der Waals surface area contributed by atoms with Gasteiger partial charge in [-0.25, -0.2) is 0 Å². The van der Waals surface area contributed by atoms with Gasteiger partial charge in [0.25, 0.3) is 0 Å². The van der Waals surface area contributed by atoms with Crippen molar-refractivity contribution in [1.29, 1.82) is 0 Å². The average molecular weight is 233 g/mol. The van der Waals surface area contributed by atoms with Gasteiger partial charge in [-0.05, 0) is 0 Å². The minimum Gasteiger partial charge on any atom is -0.409 e. The Balaban J connectivity index is 2.52. The summed E-state index contributed by atoms with van der Waals surface area (Å²) in [6.45, 7) is 0. The van der Waals surface area contributed by atoms with Gasteiger partial charge in [0, 0.05) is 14.1 Å². The fourth-order valence-electron chi connectivity index (χ4n) is 0.606. The molecule has 3 N–H and O–H groups in total. The van der Waals surface area contributed by atoms with Crippen LogP contribution in [0.1, 0.15) is 0 Å². The molecule has 0 aliphatic rings. The molecule has 0 saturated carbocycles. The Morgan fingerprint density at radius 2 is 2.36 bits per heavy atom. The van der Waals surface area contributed by atoms with Crippen molar-refractivity contribution in [3.63, 3.8) is 0 Å². The van der Waals surface area contributed by atoms with E-state index < -0.39 is 0 Å². The predicted octanol–water partition coefficient (Wildman–Crippen LogP) is 0.443. The monoisotopic (exact) mass is 233 g/mol. The van der Waals surface area contributed by atoms with E-state index in [1.54, 1.807) is 0 Å². The first kappa shape index (κ1) is 11.1. The van der Waals surface area contributed by atoms with Crippen LogP contribution < -0.4 is 10.6 Å². The molecule has 0 fully saturated rings. The third-order valence-electron chi connectivity index (χ3n) is 1.25. The lowest BCUT2D eigenvalue weighted by molar-refractivity contribution is 0.318. The van der Waals surface area contributed by atoms with E-state index in [1.807, 2.05) is 19.0 Å². The van der Waals surface area contributed by atoms with Crippen molar-refractivity contribution in [2.45, 2.75) is 4.34 Å². The molecular formula is C6H11N5OS2. The van der Waals surface area contributed by atoms with Crippen molar-refractivity contribution in [3.05, 3.63) is 0 Å². The zero-order valence-electron chi connectivity index (χ0n) is 7.84. The number of rotatable bonds is 4. The van der Waals surface area contributed by atoms with Crippen LogP contribution in [0.2, 0.25) is 0 Å². The molecule has 78 valence electrons. The van der Waals surface area contributed by atoms with Crippen LogP contribution in [0.25, 0.3) is 0 Å². The molecule has 0 bridgehead atoms. The number of anilines is 1. The van der Waals surface area contributed by atoms with Gasteiger partial charge in [0.15, 0.2) is 4.34 Å². The minimum absolute atomic E-state index is 0.177. The topological polar surface area (TPSA) is 87.6 Å². The van der Waals surface area contributed by atoms with E-state index in [2.05, 4.69) is 15.4 Å². The summed E-state index contributed by atoms with van der Waals surface area (Å²) < 4.78 is 0.806. The molecule has 1 aromatic heterocycles. The van der Waals surface area contributed by atoms with Crippen molar-refractivity contribution in [3.8, 4) is 0 Å². The van der Waals surface area contributed by atoms with E-state index in [9.17, 15) is 0 Å². The van der Waals surface area contributed by atoms with Crippen LogP contribution in [0.4, 0.5) is 5.13 Å². The number of hydrogen-bond acceptors (Lipinski definition) is 7. The lowest BCUT2D eigenvalue weighted by Gasteiger charge is -2.03. The molecular weight excluding hydrogens is 222 g/mol. The first-order valence-corrected chi connectivity index (χ1v) is 5.53. The molecule has 1 rings (SSSR count). The molecule has 0 saturated heterocycles. The molecule has 0 atom stereocenters. The molecule has 0 radical (unpaired) electrons. The maximum atomic E-state index is 8.31. The Morgan fingerprint density at radius 3 is 2.86 bits per heavy atom. The van der Waals surface area contributed by atoms with E-state index in [-0.39, 0.29) is 5.84 Å². The van der Waals surface area contributed by atoms with Crippen LogP contribution in [-0.4, -0.2) is 41.1 Å². The Labute approximate surface area is 89.8 Å². The highest BCUT2D eigenvalue weighted by molar-refractivity contribution is 8.01. The van der Waals surface area contributed by atoms with Gasteiger partial charge in [0.05, 0.1) is 5.75 Å². The summed E-state index contributed by atoms with van der Waals surface area (Å²) in [5.74, 6) is 0.593. The summed E-state index contributed by atoms with van der Waals surface area (Å²) in [6, 6.07) is 0. The first-order valence-electron chi connectivity index (χ1n) is 3.73. The number of hydrogen-bond donors (Lipinski definition) is 2. The van der Waals surface area contributed by atoms with E-state index in [1.165, 1.54) is 23.1 Å². The SMILES string of the molecule is CN(C)c1nnc(SCC(N)=NO)s1. The standard InChI is InChI=1S/C6H11N5OS2/c1-11(2)5-8-9-6(14-5)13-3-4(7)10-12/h12H,3H2,1-2H3,(H2,7,10). The van der Waals surface area contributed by atoms with Gasteiger partial charge in [-0.2, -0.15) is 0 Å². The van der Waals surface area contributed by atoms with Crippen molar-refractivity contribution in [1.82, 2.24) is 10.2 Å². The summed E-state index contributed by atoms with van der Waals surface area (Å²) in [5, 5.41) is 19.9. The lowest BCUT2D eigenvalue weighted by Crippen LogP contribution is -2.13. The summed E-state index contributed by atoms with van der Waals surface area (Å²) in [5.41, 5.74) is 5.31. The predicted molar refractivity (Wildman–Crippen MR) is 58.4 cm³/mol. The molecule has 1 aromatic rings. The van der Waals surface area contributed by atoms with Gasteiger partial charge in [0.2, 0.25) is 5.13 Å². The van der Waals surface area contributed by atoms with Gasteiger partial charge in [0.1, 0.15) is 5.84 Å². The van der Waals surface area contributed by atoms with Crippen LogP contribution >= 0.6 is 23.1 Å². The highest BCUT2D eigenvalue weighted by Gasteiger charge is 2.06. The van der Waals surface area contributed by atoms with Gasteiger partial charge in [-0.3, -0.25) is 0 Å². The summed E-state index contributed by atoms with van der Waals surface area (Å²) in [7, 11) is 3.80. The van der Waals surface area contributed by atoms with Crippen molar-refractivity contribution >= 4 is 34.1 Å². The number of nitrogens with two attached hydrogens (primary N) is 1. The highest BCUT2D eigenvalue weighted by Crippen LogP contribution is 2.26. The third-order valence-corrected chi connectivity index (χ3v) is 3.51. The molecule has 8 heteroatoms. The first-order chi connectivity index (χ1) is 6.63. The van der Waals surface area contributed by atoms with Crippen LogP contribution in [0, 0.1) is 0 Å². The van der Waals surface area contributed by atoms with Crippen LogP contribution in [0.15, 0.2) is 9.50 Å². The molecule has 0 aliphatic heterocycles. The second kappa shape index (κ2) is 5.01. The fraction of sp³-hybridized carbons (Fsp3) is 0.500. The molecule has 1 heterocycles. The molecule has 0 amide bonds. The second-order valence-corrected chi connectivity index (χ2v) is 4.80. The van der Waals surface area contributed by atoms with Gasteiger partial charge in [-0.1, -0.05) is 28.3 Å². The summed E-state index contributed by atoms with van der Waals surface area (Å²) in [4.78, 5) is 1.88. The Morgan fingerprint density at radius 1 is 1.64 bits per heavy atom. The number of thioether (sulfide) groups is 1. The Hall–Kier alpha value is -1.02. The zero-order valence-corrected chi connectivity index (χ0v) is 9.47. The maximum absolute atomic E-state index is 8.31. The quantitative estimate of drug-likeness (QED) is 0.258. The zero-order chi connectivity index (χ0) is 10.6. The maximum Gasteiger partial charge on any atom is 0.208 e. The number of nitrogens with zero attached hydrogens (tertiary/aromatic N) is 4. The summed E-state index contributed by atoms with van der Waals surface area (Å²) >= 11 is 2.86. The average Bonchev–Trinajstić information content (AvgIpc) is 2.62. The van der Waals surface area contributed by atoms with Gasteiger partial charge >= 0.3 is 0 Å².